The molecule has 1 N–H and O–H groups in total. The number of hydrogen-bond donors (Lipinski definition) is 1. The number of anilines is 1. The molecule has 1 saturated heterocycles. The third kappa shape index (κ3) is 4.69. The molecule has 28 heavy (non-hydrogen) atoms. The second kappa shape index (κ2) is 8.70. The first-order chi connectivity index (χ1) is 13.4. The third-order valence-electron chi connectivity index (χ3n) is 4.90. The predicted molar refractivity (Wildman–Crippen MR) is 109 cm³/mol. The van der Waals surface area contributed by atoms with Crippen molar-refractivity contribution in [1.82, 2.24) is 14.6 Å². The molecule has 1 aliphatic rings. The number of carbonyl (C=O) groups excluding carboxylic acids is 1. The van der Waals surface area contributed by atoms with Gasteiger partial charge >= 0.3 is 0 Å². The number of piperazine rings is 1. The number of amides is 1. The van der Waals surface area contributed by atoms with E-state index in [-0.39, 0.29) is 10.8 Å². The first kappa shape index (κ1) is 20.3. The van der Waals surface area contributed by atoms with Gasteiger partial charge < -0.3 is 9.80 Å². The Kier molecular flexibility index (Phi) is 6.31. The lowest BCUT2D eigenvalue weighted by Crippen LogP contribution is -2.55. The molecule has 1 aromatic carbocycles. The zero-order valence-electron chi connectivity index (χ0n) is 16.2. The van der Waals surface area contributed by atoms with Crippen molar-refractivity contribution < 1.29 is 13.2 Å². The van der Waals surface area contributed by atoms with Gasteiger partial charge in [-0.05, 0) is 37.6 Å². The minimum Gasteiger partial charge on any atom is -0.353 e. The summed E-state index contributed by atoms with van der Waals surface area (Å²) in [6.07, 6.45) is 2.14. The highest BCUT2D eigenvalue weighted by Gasteiger charge is 2.30. The van der Waals surface area contributed by atoms with Crippen LogP contribution in [0.1, 0.15) is 18.9 Å². The van der Waals surface area contributed by atoms with Crippen molar-refractivity contribution in [3.8, 4) is 0 Å². The fourth-order valence-electron chi connectivity index (χ4n) is 3.20. The zero-order valence-corrected chi connectivity index (χ0v) is 17.0. The van der Waals surface area contributed by atoms with Crippen molar-refractivity contribution in [2.75, 3.05) is 31.1 Å². The van der Waals surface area contributed by atoms with Gasteiger partial charge in [-0.15, -0.1) is 0 Å². The number of pyridine rings is 1. The Morgan fingerprint density at radius 3 is 2.36 bits per heavy atom. The molecule has 2 aromatic rings. The first-order valence-electron chi connectivity index (χ1n) is 9.44. The topological polar surface area (TPSA) is 82.6 Å². The molecule has 0 bridgehead atoms. The van der Waals surface area contributed by atoms with Crippen LogP contribution in [0, 0.1) is 6.92 Å². The van der Waals surface area contributed by atoms with Gasteiger partial charge in [0.2, 0.25) is 15.9 Å². The monoisotopic (exact) mass is 402 g/mol. The lowest BCUT2D eigenvalue weighted by molar-refractivity contribution is -0.133. The van der Waals surface area contributed by atoms with Crippen molar-refractivity contribution in [2.24, 2.45) is 0 Å². The highest BCUT2D eigenvalue weighted by molar-refractivity contribution is 7.89. The maximum absolute atomic E-state index is 12.9. The number of carbonyl (C=O) groups is 1. The molecule has 1 atom stereocenters. The van der Waals surface area contributed by atoms with E-state index in [1.165, 1.54) is 0 Å². The standard InChI is InChI=1S/C20H26N4O3S/c1-3-18(22-28(26,27)17-9-7-16(2)8-10-17)20(25)24-14-12-23(13-15-24)19-6-4-5-11-21-19/h4-11,18,22H,3,12-15H2,1-2H3/t18-/m0/s1. The summed E-state index contributed by atoms with van der Waals surface area (Å²) < 4.78 is 27.9. The molecule has 0 saturated carbocycles. The van der Waals surface area contributed by atoms with E-state index < -0.39 is 16.1 Å². The van der Waals surface area contributed by atoms with Gasteiger partial charge in [0.15, 0.2) is 0 Å². The average molecular weight is 403 g/mol. The van der Waals surface area contributed by atoms with E-state index in [0.717, 1.165) is 11.4 Å². The van der Waals surface area contributed by atoms with Gasteiger partial charge in [-0.1, -0.05) is 30.7 Å². The van der Waals surface area contributed by atoms with Crippen LogP contribution in [0.15, 0.2) is 53.6 Å². The Bertz CT molecular complexity index is 893. The third-order valence-corrected chi connectivity index (χ3v) is 6.39. The summed E-state index contributed by atoms with van der Waals surface area (Å²) in [5, 5.41) is 0. The van der Waals surface area contributed by atoms with Crippen LogP contribution >= 0.6 is 0 Å². The van der Waals surface area contributed by atoms with Crippen LogP contribution < -0.4 is 9.62 Å². The first-order valence-corrected chi connectivity index (χ1v) is 10.9. The van der Waals surface area contributed by atoms with Gasteiger partial charge in [0.1, 0.15) is 11.9 Å². The molecule has 0 radical (unpaired) electrons. The van der Waals surface area contributed by atoms with Gasteiger partial charge in [-0.2, -0.15) is 4.72 Å². The van der Waals surface area contributed by atoms with Crippen molar-refractivity contribution in [3.63, 3.8) is 0 Å². The Labute approximate surface area is 166 Å². The van der Waals surface area contributed by atoms with Crippen LogP contribution in [0.25, 0.3) is 0 Å². The number of nitrogens with zero attached hydrogens (tertiary/aromatic N) is 3. The highest BCUT2D eigenvalue weighted by atomic mass is 32.2. The molecular formula is C20H26N4O3S. The molecule has 1 aliphatic heterocycles. The average Bonchev–Trinajstić information content (AvgIpc) is 2.72. The van der Waals surface area contributed by atoms with Gasteiger partial charge in [0.25, 0.3) is 0 Å². The summed E-state index contributed by atoms with van der Waals surface area (Å²) in [4.78, 5) is 21.3. The molecule has 0 unspecified atom stereocenters. The van der Waals surface area contributed by atoms with Crippen LogP contribution in [0.5, 0.6) is 0 Å². The summed E-state index contributed by atoms with van der Waals surface area (Å²) in [5.74, 6) is 0.709. The molecule has 1 fully saturated rings. The molecule has 7 nitrogen and oxygen atoms in total. The van der Waals surface area contributed by atoms with Crippen molar-refractivity contribution in [2.45, 2.75) is 31.2 Å². The molecule has 0 aliphatic carbocycles. The van der Waals surface area contributed by atoms with Crippen LogP contribution in [0.4, 0.5) is 5.82 Å². The van der Waals surface area contributed by atoms with E-state index >= 15 is 0 Å². The van der Waals surface area contributed by atoms with E-state index in [4.69, 9.17) is 0 Å². The van der Waals surface area contributed by atoms with Crippen LogP contribution in [-0.2, 0) is 14.8 Å². The zero-order chi connectivity index (χ0) is 20.1. The molecule has 1 aromatic heterocycles. The normalized spacial score (nSPS) is 16.1. The number of sulfonamides is 1. The lowest BCUT2D eigenvalue weighted by Gasteiger charge is -2.37. The Morgan fingerprint density at radius 1 is 1.11 bits per heavy atom. The van der Waals surface area contributed by atoms with Crippen LogP contribution in [0.2, 0.25) is 0 Å². The van der Waals surface area contributed by atoms with E-state index in [1.807, 2.05) is 32.0 Å². The maximum Gasteiger partial charge on any atom is 0.241 e. The highest BCUT2D eigenvalue weighted by Crippen LogP contribution is 2.15. The summed E-state index contributed by atoms with van der Waals surface area (Å²) in [6.45, 7) is 6.13. The second-order valence-electron chi connectivity index (χ2n) is 6.90. The SMILES string of the molecule is CC[C@H](NS(=O)(=O)c1ccc(C)cc1)C(=O)N1CCN(c2ccccn2)CC1. The minimum atomic E-state index is -3.74. The smallest absolute Gasteiger partial charge is 0.241 e. The summed E-state index contributed by atoms with van der Waals surface area (Å²) in [7, 11) is -3.74. The quantitative estimate of drug-likeness (QED) is 0.797. The molecule has 1 amide bonds. The lowest BCUT2D eigenvalue weighted by atomic mass is 10.2. The van der Waals surface area contributed by atoms with E-state index in [0.29, 0.717) is 32.6 Å². The summed E-state index contributed by atoms with van der Waals surface area (Å²) in [6, 6.07) is 11.6. The predicted octanol–water partition coefficient (Wildman–Crippen LogP) is 1.80. The summed E-state index contributed by atoms with van der Waals surface area (Å²) in [5.41, 5.74) is 0.979. The van der Waals surface area contributed by atoms with Gasteiger partial charge in [0.05, 0.1) is 4.90 Å². The van der Waals surface area contributed by atoms with Crippen LogP contribution in [0.3, 0.4) is 0 Å². The molecule has 0 spiro atoms. The maximum atomic E-state index is 12.9. The molecule has 150 valence electrons. The molecular weight excluding hydrogens is 376 g/mol. The number of aryl methyl sites for hydroxylation is 1. The van der Waals surface area contributed by atoms with E-state index in [9.17, 15) is 13.2 Å². The number of benzene rings is 1. The summed E-state index contributed by atoms with van der Waals surface area (Å²) >= 11 is 0. The molecule has 8 heteroatoms. The Balaban J connectivity index is 1.63. The largest absolute Gasteiger partial charge is 0.353 e. The number of aromatic nitrogens is 1. The van der Waals surface area contributed by atoms with Gasteiger partial charge in [-0.25, -0.2) is 13.4 Å². The Morgan fingerprint density at radius 2 is 1.79 bits per heavy atom. The van der Waals surface area contributed by atoms with Crippen LogP contribution in [-0.4, -0.2) is 56.4 Å². The second-order valence-corrected chi connectivity index (χ2v) is 8.61. The Hall–Kier alpha value is -2.45. The molecule has 3 rings (SSSR count). The van der Waals surface area contributed by atoms with Crippen molar-refractivity contribution in [1.29, 1.82) is 0 Å². The van der Waals surface area contributed by atoms with Crippen molar-refractivity contribution >= 4 is 21.7 Å². The fraction of sp³-hybridized carbons (Fsp3) is 0.400. The fourth-order valence-corrected chi connectivity index (χ4v) is 4.47. The van der Waals surface area contributed by atoms with E-state index in [2.05, 4.69) is 14.6 Å². The number of hydrogen-bond acceptors (Lipinski definition) is 5. The van der Waals surface area contributed by atoms with E-state index in [1.54, 1.807) is 35.4 Å². The molecule has 2 heterocycles. The minimum absolute atomic E-state index is 0.171. The number of nitrogens with one attached hydrogen (secondary N) is 1. The van der Waals surface area contributed by atoms with Gasteiger partial charge in [0, 0.05) is 32.4 Å². The van der Waals surface area contributed by atoms with Gasteiger partial charge in [-0.3, -0.25) is 4.79 Å². The van der Waals surface area contributed by atoms with Crippen molar-refractivity contribution in [3.05, 3.63) is 54.2 Å². The number of rotatable bonds is 6.